The SMILES string of the molecule is COCCN1C(=O)c2ccccc2C(C(=O)NCc2ccco2)C1c1cc(C(F)(F)F)cc(C(F)(F)F)c1. The summed E-state index contributed by atoms with van der Waals surface area (Å²) in [5.74, 6) is -2.31. The maximum absolute atomic E-state index is 13.7. The van der Waals surface area contributed by atoms with E-state index in [0.29, 0.717) is 17.9 Å². The van der Waals surface area contributed by atoms with Crippen molar-refractivity contribution in [3.63, 3.8) is 0 Å². The lowest BCUT2D eigenvalue weighted by Crippen LogP contribution is -2.48. The Morgan fingerprint density at radius 2 is 1.66 bits per heavy atom. The van der Waals surface area contributed by atoms with E-state index in [0.717, 1.165) is 4.90 Å². The number of halogens is 6. The van der Waals surface area contributed by atoms with E-state index in [1.54, 1.807) is 18.2 Å². The van der Waals surface area contributed by atoms with Gasteiger partial charge < -0.3 is 19.4 Å². The van der Waals surface area contributed by atoms with Crippen molar-refractivity contribution in [2.45, 2.75) is 30.9 Å². The van der Waals surface area contributed by atoms with E-state index in [1.165, 1.54) is 31.6 Å². The zero-order valence-electron chi connectivity index (χ0n) is 19.9. The zero-order valence-corrected chi connectivity index (χ0v) is 19.9. The van der Waals surface area contributed by atoms with Crippen molar-refractivity contribution in [1.29, 1.82) is 0 Å². The van der Waals surface area contributed by atoms with E-state index in [2.05, 4.69) is 5.32 Å². The molecule has 1 aromatic heterocycles. The van der Waals surface area contributed by atoms with Crippen LogP contribution in [-0.4, -0.2) is 37.0 Å². The first-order valence-corrected chi connectivity index (χ1v) is 11.4. The molecule has 2 aromatic carbocycles. The van der Waals surface area contributed by atoms with Crippen LogP contribution < -0.4 is 5.32 Å². The zero-order chi connectivity index (χ0) is 27.7. The fraction of sp³-hybridized carbons (Fsp3) is 0.308. The van der Waals surface area contributed by atoms with E-state index in [-0.39, 0.29) is 36.9 Å². The highest BCUT2D eigenvalue weighted by Gasteiger charge is 2.46. The van der Waals surface area contributed by atoms with Crippen LogP contribution in [-0.2, 0) is 28.4 Å². The number of amides is 2. The number of nitrogens with one attached hydrogen (secondary N) is 1. The summed E-state index contributed by atoms with van der Waals surface area (Å²) in [6.45, 7) is -0.343. The normalized spacial score (nSPS) is 17.9. The molecule has 2 unspecified atom stereocenters. The highest BCUT2D eigenvalue weighted by atomic mass is 19.4. The van der Waals surface area contributed by atoms with Crippen LogP contribution in [0.1, 0.15) is 50.3 Å². The topological polar surface area (TPSA) is 71.8 Å². The van der Waals surface area contributed by atoms with Crippen LogP contribution >= 0.6 is 0 Å². The Balaban J connectivity index is 1.91. The lowest BCUT2D eigenvalue weighted by atomic mass is 9.78. The summed E-state index contributed by atoms with van der Waals surface area (Å²) >= 11 is 0. The number of alkyl halides is 6. The van der Waals surface area contributed by atoms with Crippen molar-refractivity contribution in [1.82, 2.24) is 10.2 Å². The van der Waals surface area contributed by atoms with Crippen LogP contribution in [0.2, 0.25) is 0 Å². The van der Waals surface area contributed by atoms with Crippen LogP contribution in [0.25, 0.3) is 0 Å². The highest BCUT2D eigenvalue weighted by Crippen LogP contribution is 2.46. The molecule has 1 N–H and O–H groups in total. The molecule has 6 nitrogen and oxygen atoms in total. The van der Waals surface area contributed by atoms with Gasteiger partial charge in [-0.25, -0.2) is 0 Å². The van der Waals surface area contributed by atoms with Crippen molar-refractivity contribution in [3.8, 4) is 0 Å². The maximum atomic E-state index is 13.7. The summed E-state index contributed by atoms with van der Waals surface area (Å²) in [6, 6.07) is 8.79. The predicted molar refractivity (Wildman–Crippen MR) is 122 cm³/mol. The van der Waals surface area contributed by atoms with Gasteiger partial charge in [0.25, 0.3) is 5.91 Å². The van der Waals surface area contributed by atoms with Crippen molar-refractivity contribution in [2.75, 3.05) is 20.3 Å². The first kappa shape index (κ1) is 27.2. The van der Waals surface area contributed by atoms with E-state index in [9.17, 15) is 35.9 Å². The Kier molecular flexibility index (Phi) is 7.54. The van der Waals surface area contributed by atoms with E-state index in [1.807, 2.05) is 0 Å². The Morgan fingerprint density at radius 1 is 1.00 bits per heavy atom. The predicted octanol–water partition coefficient (Wildman–Crippen LogP) is 5.56. The molecule has 1 aliphatic rings. The maximum Gasteiger partial charge on any atom is 0.416 e. The van der Waals surface area contributed by atoms with Crippen LogP contribution in [0.3, 0.4) is 0 Å². The summed E-state index contributed by atoms with van der Waals surface area (Å²) in [7, 11) is 1.33. The number of ether oxygens (including phenoxy) is 1. The lowest BCUT2D eigenvalue weighted by molar-refractivity contribution is -0.143. The molecule has 4 rings (SSSR count). The summed E-state index contributed by atoms with van der Waals surface area (Å²) in [6.07, 6.45) is -8.84. The lowest BCUT2D eigenvalue weighted by Gasteiger charge is -2.42. The van der Waals surface area contributed by atoms with Gasteiger partial charge in [-0.15, -0.1) is 0 Å². The molecule has 2 atom stereocenters. The smallest absolute Gasteiger partial charge is 0.416 e. The number of fused-ring (bicyclic) bond motifs is 1. The third-order valence-electron chi connectivity index (χ3n) is 6.23. The Bertz CT molecular complexity index is 1270. The van der Waals surface area contributed by atoms with Crippen LogP contribution in [0.15, 0.2) is 65.3 Å². The van der Waals surface area contributed by atoms with Gasteiger partial charge in [-0.3, -0.25) is 9.59 Å². The molecule has 38 heavy (non-hydrogen) atoms. The number of benzene rings is 2. The van der Waals surface area contributed by atoms with Gasteiger partial charge in [-0.1, -0.05) is 18.2 Å². The van der Waals surface area contributed by atoms with E-state index < -0.39 is 52.8 Å². The molecule has 0 saturated heterocycles. The second-order valence-electron chi connectivity index (χ2n) is 8.64. The number of carbonyl (C=O) groups excluding carboxylic acids is 2. The third-order valence-corrected chi connectivity index (χ3v) is 6.23. The minimum atomic E-state index is -5.11. The number of nitrogens with zero attached hydrogens (tertiary/aromatic N) is 1. The van der Waals surface area contributed by atoms with E-state index >= 15 is 0 Å². The summed E-state index contributed by atoms with van der Waals surface area (Å²) in [4.78, 5) is 28.1. The molecule has 202 valence electrons. The standard InChI is InChI=1S/C26H22F6N2O4/c1-37-10-8-34-22(15-11-16(25(27,28)29)13-17(12-15)26(30,31)32)21(19-6-2-3-7-20(19)24(34)36)23(35)33-14-18-5-4-9-38-18/h2-7,9,11-13,21-22H,8,10,14H2,1H3,(H,33,35). The Hall–Kier alpha value is -3.80. The molecule has 0 fully saturated rings. The largest absolute Gasteiger partial charge is 0.467 e. The van der Waals surface area contributed by atoms with Crippen LogP contribution in [0, 0.1) is 0 Å². The van der Waals surface area contributed by atoms with Gasteiger partial charge in [-0.05, 0) is 47.5 Å². The van der Waals surface area contributed by atoms with Crippen molar-refractivity contribution >= 4 is 11.8 Å². The molecule has 3 aromatic rings. The molecular formula is C26H22F6N2O4. The van der Waals surface area contributed by atoms with Crippen molar-refractivity contribution in [2.24, 2.45) is 0 Å². The summed E-state index contributed by atoms with van der Waals surface area (Å²) in [5.41, 5.74) is -3.28. The Labute approximate surface area is 213 Å². The number of hydrogen-bond donors (Lipinski definition) is 1. The molecule has 0 aliphatic carbocycles. The molecule has 1 aliphatic heterocycles. The first-order valence-electron chi connectivity index (χ1n) is 11.4. The second kappa shape index (κ2) is 10.5. The molecule has 0 spiro atoms. The molecule has 2 heterocycles. The molecule has 0 bridgehead atoms. The molecule has 12 heteroatoms. The highest BCUT2D eigenvalue weighted by molar-refractivity contribution is 6.01. The van der Waals surface area contributed by atoms with Gasteiger partial charge in [0.2, 0.25) is 5.91 Å². The quantitative estimate of drug-likeness (QED) is 0.399. The van der Waals surface area contributed by atoms with Crippen molar-refractivity contribution in [3.05, 3.63) is 94.4 Å². The molecule has 0 saturated carbocycles. The molecule has 0 radical (unpaired) electrons. The summed E-state index contributed by atoms with van der Waals surface area (Å²) in [5, 5.41) is 2.63. The van der Waals surface area contributed by atoms with E-state index in [4.69, 9.17) is 9.15 Å². The third kappa shape index (κ3) is 5.54. The van der Waals surface area contributed by atoms with Gasteiger partial charge in [0.05, 0.1) is 42.5 Å². The van der Waals surface area contributed by atoms with Crippen LogP contribution in [0.5, 0.6) is 0 Å². The fourth-order valence-electron chi connectivity index (χ4n) is 4.53. The van der Waals surface area contributed by atoms with Crippen molar-refractivity contribution < 1.29 is 45.1 Å². The number of rotatable bonds is 7. The number of methoxy groups -OCH3 is 1. The number of furan rings is 1. The molecule has 2 amide bonds. The minimum Gasteiger partial charge on any atom is -0.467 e. The van der Waals surface area contributed by atoms with Crippen LogP contribution in [0.4, 0.5) is 26.3 Å². The van der Waals surface area contributed by atoms with Gasteiger partial charge in [-0.2, -0.15) is 26.3 Å². The number of hydrogen-bond acceptors (Lipinski definition) is 4. The first-order chi connectivity index (χ1) is 17.9. The number of carbonyl (C=O) groups is 2. The van der Waals surface area contributed by atoms with Gasteiger partial charge >= 0.3 is 12.4 Å². The Morgan fingerprint density at radius 3 is 2.24 bits per heavy atom. The van der Waals surface area contributed by atoms with Gasteiger partial charge in [0, 0.05) is 19.2 Å². The fourth-order valence-corrected chi connectivity index (χ4v) is 4.53. The summed E-state index contributed by atoms with van der Waals surface area (Å²) < 4.78 is 92.4. The second-order valence-corrected chi connectivity index (χ2v) is 8.64. The molecular weight excluding hydrogens is 518 g/mol. The van der Waals surface area contributed by atoms with Gasteiger partial charge in [0.1, 0.15) is 5.76 Å². The average Bonchev–Trinajstić information content (AvgIpc) is 3.39. The minimum absolute atomic E-state index is 0.00751. The monoisotopic (exact) mass is 540 g/mol. The van der Waals surface area contributed by atoms with Gasteiger partial charge in [0.15, 0.2) is 0 Å². The average molecular weight is 540 g/mol.